The molecule has 0 amide bonds. The highest BCUT2D eigenvalue weighted by Gasteiger charge is 2.56. The molecule has 0 bridgehead atoms. The minimum atomic E-state index is -0.595. The van der Waals surface area contributed by atoms with E-state index in [0.29, 0.717) is 18.9 Å². The van der Waals surface area contributed by atoms with E-state index in [1.807, 2.05) is 25.1 Å². The van der Waals surface area contributed by atoms with E-state index in [0.717, 1.165) is 12.8 Å². The molecule has 0 radical (unpaired) electrons. The van der Waals surface area contributed by atoms with Gasteiger partial charge in [-0.3, -0.25) is 4.84 Å². The maximum absolute atomic E-state index is 9.77. The summed E-state index contributed by atoms with van der Waals surface area (Å²) in [5.74, 6) is 0.485. The summed E-state index contributed by atoms with van der Waals surface area (Å²) in [5.41, 5.74) is 0.342. The number of aliphatic hydroxyl groups excluding tert-OH is 1. The molecular weight excluding hydrogens is 318 g/mol. The van der Waals surface area contributed by atoms with Crippen molar-refractivity contribution in [3.05, 3.63) is 35.9 Å². The van der Waals surface area contributed by atoms with E-state index >= 15 is 0 Å². The van der Waals surface area contributed by atoms with Crippen molar-refractivity contribution in [2.45, 2.75) is 64.0 Å². The third-order valence-electron chi connectivity index (χ3n) is 4.99. The van der Waals surface area contributed by atoms with Gasteiger partial charge in [-0.15, -0.1) is 0 Å². The van der Waals surface area contributed by atoms with Crippen molar-refractivity contribution in [3.63, 3.8) is 0 Å². The molecule has 1 fully saturated rings. The van der Waals surface area contributed by atoms with Gasteiger partial charge in [0.25, 0.3) is 0 Å². The van der Waals surface area contributed by atoms with Crippen LogP contribution < -0.4 is 0 Å². The summed E-state index contributed by atoms with van der Waals surface area (Å²) in [5, 5.41) is 11.8. The SMILES string of the molecule is COC(OC)[C@@]1(C)C[C@@](CCO)(CC(C)C)N(Cc2ccccc2)O1. The van der Waals surface area contributed by atoms with E-state index in [-0.39, 0.29) is 12.1 Å². The molecule has 142 valence electrons. The smallest absolute Gasteiger partial charge is 0.187 e. The van der Waals surface area contributed by atoms with E-state index in [4.69, 9.17) is 14.3 Å². The highest BCUT2D eigenvalue weighted by molar-refractivity contribution is 5.15. The highest BCUT2D eigenvalue weighted by atomic mass is 16.8. The van der Waals surface area contributed by atoms with Gasteiger partial charge < -0.3 is 14.6 Å². The van der Waals surface area contributed by atoms with Crippen LogP contribution in [0.3, 0.4) is 0 Å². The largest absolute Gasteiger partial charge is 0.396 e. The van der Waals surface area contributed by atoms with Crippen molar-refractivity contribution < 1.29 is 19.4 Å². The lowest BCUT2D eigenvalue weighted by Crippen LogP contribution is -2.44. The van der Waals surface area contributed by atoms with Gasteiger partial charge in [0, 0.05) is 33.8 Å². The van der Waals surface area contributed by atoms with Crippen LogP contribution in [-0.2, 0) is 20.9 Å². The maximum Gasteiger partial charge on any atom is 0.187 e. The van der Waals surface area contributed by atoms with Crippen LogP contribution in [0, 0.1) is 5.92 Å². The van der Waals surface area contributed by atoms with Gasteiger partial charge in [-0.1, -0.05) is 44.2 Å². The first-order chi connectivity index (χ1) is 11.9. The summed E-state index contributed by atoms with van der Waals surface area (Å²) in [4.78, 5) is 6.44. The fourth-order valence-electron chi connectivity index (χ4n) is 4.25. The Kier molecular flexibility index (Phi) is 7.00. The Bertz CT molecular complexity index is 520. The molecule has 2 rings (SSSR count). The predicted octanol–water partition coefficient (Wildman–Crippen LogP) is 3.37. The molecule has 5 heteroatoms. The molecule has 25 heavy (non-hydrogen) atoms. The van der Waals surface area contributed by atoms with Crippen molar-refractivity contribution >= 4 is 0 Å². The van der Waals surface area contributed by atoms with Crippen molar-refractivity contribution in [1.82, 2.24) is 5.06 Å². The molecule has 0 aliphatic carbocycles. The van der Waals surface area contributed by atoms with Crippen LogP contribution >= 0.6 is 0 Å². The van der Waals surface area contributed by atoms with Gasteiger partial charge in [-0.25, -0.2) is 0 Å². The first-order valence-electron chi connectivity index (χ1n) is 9.06. The van der Waals surface area contributed by atoms with Gasteiger partial charge in [0.05, 0.1) is 5.54 Å². The average molecular weight is 351 g/mol. The Balaban J connectivity index is 2.35. The molecule has 1 N–H and O–H groups in total. The van der Waals surface area contributed by atoms with Gasteiger partial charge in [0.2, 0.25) is 0 Å². The second kappa shape index (κ2) is 8.60. The first-order valence-corrected chi connectivity index (χ1v) is 9.06. The number of nitrogens with zero attached hydrogens (tertiary/aromatic N) is 1. The lowest BCUT2D eigenvalue weighted by atomic mass is 9.78. The molecule has 1 aromatic rings. The number of hydroxylamine groups is 2. The Morgan fingerprint density at radius 2 is 1.84 bits per heavy atom. The molecular formula is C20H33NO4. The molecule has 5 nitrogen and oxygen atoms in total. The zero-order valence-electron chi connectivity index (χ0n) is 16.2. The average Bonchev–Trinajstić information content (AvgIpc) is 2.81. The minimum absolute atomic E-state index is 0.127. The predicted molar refractivity (Wildman–Crippen MR) is 97.8 cm³/mol. The van der Waals surface area contributed by atoms with E-state index in [2.05, 4.69) is 31.0 Å². The van der Waals surface area contributed by atoms with Crippen LogP contribution in [0.1, 0.15) is 45.6 Å². The Labute approximate surface area is 151 Å². The van der Waals surface area contributed by atoms with Gasteiger partial charge in [-0.2, -0.15) is 5.06 Å². The topological polar surface area (TPSA) is 51.2 Å². The molecule has 1 aromatic carbocycles. The molecule has 0 spiro atoms. The summed E-state index contributed by atoms with van der Waals surface area (Å²) in [6.45, 7) is 7.24. The quantitative estimate of drug-likeness (QED) is 0.691. The number of hydrogen-bond donors (Lipinski definition) is 1. The van der Waals surface area contributed by atoms with Crippen LogP contribution in [0.4, 0.5) is 0 Å². The molecule has 0 aromatic heterocycles. The first kappa shape index (κ1) is 20.3. The fourth-order valence-corrected chi connectivity index (χ4v) is 4.25. The standard InChI is InChI=1S/C20H33NO4/c1-16(2)13-20(11-12-22)15-19(3,18(23-4)24-5)25-21(20)14-17-9-7-6-8-10-17/h6-10,16,18,22H,11-15H2,1-5H3/t19-,20-/m1/s1. The van der Waals surface area contributed by atoms with Gasteiger partial charge in [-0.05, 0) is 31.2 Å². The van der Waals surface area contributed by atoms with Crippen molar-refractivity contribution in [2.75, 3.05) is 20.8 Å². The summed E-state index contributed by atoms with van der Waals surface area (Å²) >= 11 is 0. The van der Waals surface area contributed by atoms with Crippen LogP contribution in [-0.4, -0.2) is 48.4 Å². The lowest BCUT2D eigenvalue weighted by Gasteiger charge is -2.37. The summed E-state index contributed by atoms with van der Waals surface area (Å²) < 4.78 is 11.1. The Morgan fingerprint density at radius 1 is 1.20 bits per heavy atom. The third-order valence-corrected chi connectivity index (χ3v) is 4.99. The number of hydrogen-bond acceptors (Lipinski definition) is 5. The van der Waals surface area contributed by atoms with Gasteiger partial charge in [0.1, 0.15) is 5.60 Å². The second-order valence-electron chi connectivity index (χ2n) is 7.70. The normalized spacial score (nSPS) is 27.5. The molecule has 1 aliphatic rings. The van der Waals surface area contributed by atoms with Crippen LogP contribution in [0.25, 0.3) is 0 Å². The number of rotatable bonds is 9. The van der Waals surface area contributed by atoms with Crippen molar-refractivity contribution in [2.24, 2.45) is 5.92 Å². The maximum atomic E-state index is 9.77. The van der Waals surface area contributed by atoms with E-state index in [1.165, 1.54) is 5.56 Å². The zero-order chi connectivity index (χ0) is 18.5. The van der Waals surface area contributed by atoms with E-state index < -0.39 is 11.9 Å². The highest BCUT2D eigenvalue weighted by Crippen LogP contribution is 2.47. The Hall–Kier alpha value is -0.980. The number of methoxy groups -OCH3 is 2. The minimum Gasteiger partial charge on any atom is -0.396 e. The molecule has 1 saturated heterocycles. The fraction of sp³-hybridized carbons (Fsp3) is 0.700. The van der Waals surface area contributed by atoms with Crippen LogP contribution in [0.2, 0.25) is 0 Å². The summed E-state index contributed by atoms with van der Waals surface area (Å²) in [6, 6.07) is 10.3. The molecule has 0 saturated carbocycles. The third kappa shape index (κ3) is 4.60. The van der Waals surface area contributed by atoms with Crippen molar-refractivity contribution in [3.8, 4) is 0 Å². The summed E-state index contributed by atoms with van der Waals surface area (Å²) in [7, 11) is 3.28. The summed E-state index contributed by atoms with van der Waals surface area (Å²) in [6.07, 6.45) is 1.89. The monoisotopic (exact) mass is 351 g/mol. The van der Waals surface area contributed by atoms with Gasteiger partial charge >= 0.3 is 0 Å². The Morgan fingerprint density at radius 3 is 2.36 bits per heavy atom. The van der Waals surface area contributed by atoms with E-state index in [1.54, 1.807) is 14.2 Å². The lowest BCUT2D eigenvalue weighted by molar-refractivity contribution is -0.292. The van der Waals surface area contributed by atoms with E-state index in [9.17, 15) is 5.11 Å². The molecule has 1 aliphatic heterocycles. The number of aliphatic hydroxyl groups is 1. The van der Waals surface area contributed by atoms with Crippen LogP contribution in [0.15, 0.2) is 30.3 Å². The van der Waals surface area contributed by atoms with Crippen LogP contribution in [0.5, 0.6) is 0 Å². The molecule has 0 unspecified atom stereocenters. The van der Waals surface area contributed by atoms with Gasteiger partial charge in [0.15, 0.2) is 6.29 Å². The molecule has 1 heterocycles. The zero-order valence-corrected chi connectivity index (χ0v) is 16.2. The molecule has 2 atom stereocenters. The van der Waals surface area contributed by atoms with Crippen molar-refractivity contribution in [1.29, 1.82) is 0 Å². The number of ether oxygens (including phenoxy) is 2. The second-order valence-corrected chi connectivity index (χ2v) is 7.70. The number of benzene rings is 1.